The standard InChI is InChI=1S/C23H31NO3S/c1-7-16-14-17(8-2)21(18(9-3)15-16)28(26,27)24-22(25)19-10-12-20(13-11-19)23(4,5)6/h10-15H,7-9H2,1-6H3,(H,24,25). The van der Waals surface area contributed by atoms with Crippen LogP contribution in [-0.2, 0) is 34.7 Å². The van der Waals surface area contributed by atoms with Crippen LogP contribution in [0.3, 0.4) is 0 Å². The molecule has 4 nitrogen and oxygen atoms in total. The van der Waals surface area contributed by atoms with Gasteiger partial charge in [-0.3, -0.25) is 4.79 Å². The van der Waals surface area contributed by atoms with Gasteiger partial charge >= 0.3 is 0 Å². The Labute approximate surface area is 169 Å². The van der Waals surface area contributed by atoms with E-state index in [2.05, 4.69) is 25.5 Å². The van der Waals surface area contributed by atoms with E-state index >= 15 is 0 Å². The fourth-order valence-electron chi connectivity index (χ4n) is 3.25. The molecule has 5 heteroatoms. The highest BCUT2D eigenvalue weighted by molar-refractivity contribution is 7.90. The molecule has 2 aromatic rings. The first-order valence-electron chi connectivity index (χ1n) is 9.85. The number of aryl methyl sites for hydroxylation is 3. The van der Waals surface area contributed by atoms with Gasteiger partial charge in [-0.1, -0.05) is 65.8 Å². The number of rotatable bonds is 6. The van der Waals surface area contributed by atoms with Crippen LogP contribution < -0.4 is 4.72 Å². The van der Waals surface area contributed by atoms with E-state index in [1.165, 1.54) is 0 Å². The fourth-order valence-corrected chi connectivity index (χ4v) is 4.82. The average molecular weight is 402 g/mol. The number of nitrogens with one attached hydrogen (secondary N) is 1. The second kappa shape index (κ2) is 8.48. The highest BCUT2D eigenvalue weighted by atomic mass is 32.2. The molecule has 28 heavy (non-hydrogen) atoms. The van der Waals surface area contributed by atoms with E-state index in [4.69, 9.17) is 0 Å². The summed E-state index contributed by atoms with van der Waals surface area (Å²) in [6.45, 7) is 12.2. The Hall–Kier alpha value is -2.14. The van der Waals surface area contributed by atoms with Gasteiger partial charge in [0.05, 0.1) is 4.90 Å². The lowest BCUT2D eigenvalue weighted by molar-refractivity contribution is 0.0981. The van der Waals surface area contributed by atoms with Gasteiger partial charge in [-0.15, -0.1) is 0 Å². The quantitative estimate of drug-likeness (QED) is 0.757. The van der Waals surface area contributed by atoms with Crippen LogP contribution in [-0.4, -0.2) is 14.3 Å². The zero-order valence-electron chi connectivity index (χ0n) is 17.7. The van der Waals surface area contributed by atoms with Crippen molar-refractivity contribution < 1.29 is 13.2 Å². The Balaban J connectivity index is 2.39. The molecule has 0 saturated carbocycles. The van der Waals surface area contributed by atoms with Gasteiger partial charge in [-0.2, -0.15) is 0 Å². The van der Waals surface area contributed by atoms with Crippen LogP contribution in [0.25, 0.3) is 0 Å². The summed E-state index contributed by atoms with van der Waals surface area (Å²) in [6, 6.07) is 10.9. The van der Waals surface area contributed by atoms with Crippen LogP contribution in [0.5, 0.6) is 0 Å². The molecule has 0 spiro atoms. The van der Waals surface area contributed by atoms with Crippen molar-refractivity contribution in [1.29, 1.82) is 0 Å². The largest absolute Gasteiger partial charge is 0.268 e. The first-order chi connectivity index (χ1) is 13.0. The molecule has 0 fully saturated rings. The molecule has 0 bridgehead atoms. The van der Waals surface area contributed by atoms with Gasteiger partial charge in [-0.25, -0.2) is 13.1 Å². The van der Waals surface area contributed by atoms with Gasteiger partial charge in [0.25, 0.3) is 15.9 Å². The van der Waals surface area contributed by atoms with E-state index in [0.29, 0.717) is 18.4 Å². The molecular weight excluding hydrogens is 370 g/mol. The minimum Gasteiger partial charge on any atom is -0.268 e. The Morgan fingerprint density at radius 2 is 1.39 bits per heavy atom. The van der Waals surface area contributed by atoms with Crippen molar-refractivity contribution in [3.8, 4) is 0 Å². The first-order valence-corrected chi connectivity index (χ1v) is 11.3. The molecule has 2 rings (SSSR count). The number of sulfonamides is 1. The SMILES string of the molecule is CCc1cc(CC)c(S(=O)(=O)NC(=O)c2ccc(C(C)(C)C)cc2)c(CC)c1. The topological polar surface area (TPSA) is 63.2 Å². The molecule has 2 aromatic carbocycles. The van der Waals surface area contributed by atoms with Crippen molar-refractivity contribution in [3.63, 3.8) is 0 Å². The second-order valence-corrected chi connectivity index (χ2v) is 9.69. The van der Waals surface area contributed by atoms with Crippen molar-refractivity contribution in [3.05, 3.63) is 64.2 Å². The summed E-state index contributed by atoms with van der Waals surface area (Å²) in [5.74, 6) is -0.607. The summed E-state index contributed by atoms with van der Waals surface area (Å²) in [6.07, 6.45) is 2.02. The Kier molecular flexibility index (Phi) is 6.71. The third-order valence-electron chi connectivity index (χ3n) is 4.98. The number of carbonyl (C=O) groups is 1. The van der Waals surface area contributed by atoms with E-state index in [-0.39, 0.29) is 10.3 Å². The van der Waals surface area contributed by atoms with E-state index in [9.17, 15) is 13.2 Å². The molecule has 0 heterocycles. The predicted octanol–water partition coefficient (Wildman–Crippen LogP) is 4.79. The Bertz CT molecular complexity index is 927. The van der Waals surface area contributed by atoms with Crippen molar-refractivity contribution in [2.45, 2.75) is 71.1 Å². The third-order valence-corrected chi connectivity index (χ3v) is 6.50. The van der Waals surface area contributed by atoms with Crippen LogP contribution >= 0.6 is 0 Å². The van der Waals surface area contributed by atoms with E-state index in [1.807, 2.05) is 45.0 Å². The highest BCUT2D eigenvalue weighted by Gasteiger charge is 2.25. The Morgan fingerprint density at radius 1 is 0.893 bits per heavy atom. The smallest absolute Gasteiger partial charge is 0.264 e. The van der Waals surface area contributed by atoms with Gasteiger partial charge in [0.15, 0.2) is 0 Å². The maximum absolute atomic E-state index is 13.1. The molecular formula is C23H31NO3S. The molecule has 152 valence electrons. The van der Waals surface area contributed by atoms with Crippen molar-refractivity contribution in [2.24, 2.45) is 0 Å². The molecule has 0 aliphatic rings. The van der Waals surface area contributed by atoms with Crippen molar-refractivity contribution >= 4 is 15.9 Å². The lowest BCUT2D eigenvalue weighted by atomic mass is 9.87. The summed E-state index contributed by atoms with van der Waals surface area (Å²) >= 11 is 0. The number of benzene rings is 2. The molecule has 0 aliphatic heterocycles. The highest BCUT2D eigenvalue weighted by Crippen LogP contribution is 2.26. The molecule has 0 unspecified atom stereocenters. The monoisotopic (exact) mass is 401 g/mol. The zero-order chi connectivity index (χ0) is 21.1. The molecule has 0 radical (unpaired) electrons. The fraction of sp³-hybridized carbons (Fsp3) is 0.435. The summed E-state index contributed by atoms with van der Waals surface area (Å²) in [4.78, 5) is 12.9. The predicted molar refractivity (Wildman–Crippen MR) is 114 cm³/mol. The zero-order valence-corrected chi connectivity index (χ0v) is 18.5. The summed E-state index contributed by atoms with van der Waals surface area (Å²) in [5, 5.41) is 0. The van der Waals surface area contributed by atoms with Gasteiger partial charge < -0.3 is 0 Å². The van der Waals surface area contributed by atoms with Gasteiger partial charge in [0.2, 0.25) is 0 Å². The molecule has 0 atom stereocenters. The molecule has 0 aromatic heterocycles. The molecule has 1 N–H and O–H groups in total. The van der Waals surface area contributed by atoms with Crippen LogP contribution in [0.1, 0.15) is 74.2 Å². The van der Waals surface area contributed by atoms with Gasteiger partial charge in [0, 0.05) is 5.56 Å². The number of carbonyl (C=O) groups excluding carboxylic acids is 1. The van der Waals surface area contributed by atoms with Gasteiger partial charge in [0.1, 0.15) is 0 Å². The normalized spacial score (nSPS) is 12.1. The third kappa shape index (κ3) is 4.82. The Morgan fingerprint density at radius 3 is 1.79 bits per heavy atom. The lowest BCUT2D eigenvalue weighted by Gasteiger charge is -2.19. The maximum Gasteiger partial charge on any atom is 0.264 e. The lowest BCUT2D eigenvalue weighted by Crippen LogP contribution is -2.32. The summed E-state index contributed by atoms with van der Waals surface area (Å²) in [7, 11) is -3.96. The molecule has 1 amide bonds. The van der Waals surface area contributed by atoms with Crippen molar-refractivity contribution in [1.82, 2.24) is 4.72 Å². The van der Waals surface area contributed by atoms with Crippen LogP contribution in [0.15, 0.2) is 41.3 Å². The molecule has 0 saturated heterocycles. The maximum atomic E-state index is 13.1. The van der Waals surface area contributed by atoms with Crippen molar-refractivity contribution in [2.75, 3.05) is 0 Å². The average Bonchev–Trinajstić information content (AvgIpc) is 2.65. The number of hydrogen-bond acceptors (Lipinski definition) is 3. The first kappa shape index (κ1) is 22.2. The summed E-state index contributed by atoms with van der Waals surface area (Å²) in [5.41, 5.74) is 3.99. The van der Waals surface area contributed by atoms with Crippen LogP contribution in [0.4, 0.5) is 0 Å². The summed E-state index contributed by atoms with van der Waals surface area (Å²) < 4.78 is 28.4. The molecule has 0 aliphatic carbocycles. The van der Waals surface area contributed by atoms with Crippen LogP contribution in [0, 0.1) is 0 Å². The van der Waals surface area contributed by atoms with E-state index in [0.717, 1.165) is 28.7 Å². The van der Waals surface area contributed by atoms with E-state index in [1.54, 1.807) is 12.1 Å². The van der Waals surface area contributed by atoms with E-state index < -0.39 is 15.9 Å². The number of hydrogen-bond donors (Lipinski definition) is 1. The minimum atomic E-state index is -3.96. The minimum absolute atomic E-state index is 0.0336. The van der Waals surface area contributed by atoms with Gasteiger partial charge in [-0.05, 0) is 59.1 Å². The van der Waals surface area contributed by atoms with Crippen LogP contribution in [0.2, 0.25) is 0 Å². The second-order valence-electron chi connectivity index (χ2n) is 8.07. The number of amides is 1.